The monoisotopic (exact) mass is 379 g/mol. The smallest absolute Gasteiger partial charge is 0.256 e. The minimum atomic E-state index is -3.68. The molecule has 0 spiro atoms. The highest BCUT2D eigenvalue weighted by Gasteiger charge is 2.22. The van der Waals surface area contributed by atoms with Crippen LogP contribution in [0.5, 0.6) is 0 Å². The van der Waals surface area contributed by atoms with Gasteiger partial charge in [0.15, 0.2) is 0 Å². The summed E-state index contributed by atoms with van der Waals surface area (Å²) in [6.07, 6.45) is 3.12. The molecule has 0 unspecified atom stereocenters. The molecule has 2 N–H and O–H groups in total. The quantitative estimate of drug-likeness (QED) is 0.686. The lowest BCUT2D eigenvalue weighted by Crippen LogP contribution is -2.31. The molecule has 0 saturated carbocycles. The average molecular weight is 379 g/mol. The molecule has 1 aromatic carbocycles. The van der Waals surface area contributed by atoms with E-state index in [2.05, 4.69) is 10.3 Å². The topological polar surface area (TPSA) is 99.3 Å². The molecule has 0 saturated heterocycles. The van der Waals surface area contributed by atoms with Gasteiger partial charge in [0, 0.05) is 36.7 Å². The minimum Gasteiger partial charge on any atom is -0.360 e. The van der Waals surface area contributed by atoms with Gasteiger partial charge in [-0.05, 0) is 24.6 Å². The third-order valence-corrected chi connectivity index (χ3v) is 6.30. The van der Waals surface area contributed by atoms with Crippen molar-refractivity contribution < 1.29 is 13.2 Å². The van der Waals surface area contributed by atoms with E-state index in [1.807, 2.05) is 6.92 Å². The fourth-order valence-corrected chi connectivity index (χ4v) is 4.20. The van der Waals surface area contributed by atoms with Crippen molar-refractivity contribution >= 4 is 26.8 Å². The second-order valence-corrected chi connectivity index (χ2v) is 7.88. The second kappa shape index (κ2) is 8.46. The Morgan fingerprint density at radius 2 is 1.88 bits per heavy atom. The maximum absolute atomic E-state index is 12.7. The van der Waals surface area contributed by atoms with Gasteiger partial charge in [0.2, 0.25) is 15.5 Å². The number of rotatable bonds is 8. The number of sulfonamides is 1. The molecule has 0 aliphatic carbocycles. The van der Waals surface area contributed by atoms with E-state index in [-0.39, 0.29) is 15.8 Å². The number of nitrogens with zero attached hydrogens (tertiary/aromatic N) is 1. The molecule has 0 radical (unpaired) electrons. The van der Waals surface area contributed by atoms with Crippen LogP contribution in [0.4, 0.5) is 0 Å². The van der Waals surface area contributed by atoms with Crippen LogP contribution in [-0.2, 0) is 10.0 Å². The number of H-pyrrole nitrogens is 1. The summed E-state index contributed by atoms with van der Waals surface area (Å²) in [6.45, 7) is 6.69. The molecule has 1 heterocycles. The van der Waals surface area contributed by atoms with Gasteiger partial charge < -0.3 is 10.3 Å². The number of fused-ring (bicyclic) bond motifs is 1. The third kappa shape index (κ3) is 3.96. The Morgan fingerprint density at radius 1 is 1.19 bits per heavy atom. The first-order valence-corrected chi connectivity index (χ1v) is 10.2. The molecule has 0 fully saturated rings. The minimum absolute atomic E-state index is 0.0222. The number of hydrogen-bond donors (Lipinski definition) is 2. The van der Waals surface area contributed by atoms with Crippen molar-refractivity contribution in [1.82, 2.24) is 14.6 Å². The lowest BCUT2D eigenvalue weighted by Gasteiger charge is -2.18. The van der Waals surface area contributed by atoms with Gasteiger partial charge in [-0.3, -0.25) is 9.59 Å². The highest BCUT2D eigenvalue weighted by Crippen LogP contribution is 2.19. The summed E-state index contributed by atoms with van der Waals surface area (Å²) in [5.41, 5.74) is -0.0195. The molecule has 0 aliphatic heterocycles. The van der Waals surface area contributed by atoms with Crippen molar-refractivity contribution in [3.05, 3.63) is 40.2 Å². The third-order valence-electron chi connectivity index (χ3n) is 4.26. The molecule has 0 atom stereocenters. The number of pyridine rings is 1. The van der Waals surface area contributed by atoms with Gasteiger partial charge in [-0.25, -0.2) is 8.42 Å². The SMILES string of the molecule is CCCCNC(=O)c1c[nH]c2ccc(S(=O)(=O)N(CC)CC)cc2c1=O. The van der Waals surface area contributed by atoms with Gasteiger partial charge in [-0.2, -0.15) is 4.31 Å². The van der Waals surface area contributed by atoms with Crippen molar-refractivity contribution in [2.24, 2.45) is 0 Å². The summed E-state index contributed by atoms with van der Waals surface area (Å²) >= 11 is 0. The van der Waals surface area contributed by atoms with Gasteiger partial charge >= 0.3 is 0 Å². The Bertz CT molecular complexity index is 947. The first-order valence-electron chi connectivity index (χ1n) is 8.80. The van der Waals surface area contributed by atoms with E-state index in [4.69, 9.17) is 0 Å². The van der Waals surface area contributed by atoms with Crippen molar-refractivity contribution in [3.63, 3.8) is 0 Å². The standard InChI is InChI=1S/C18H25N3O4S/c1-4-7-10-19-18(23)15-12-20-16-9-8-13(11-14(16)17(15)22)26(24,25)21(5-2)6-3/h8-9,11-12H,4-7,10H2,1-3H3,(H,19,23)(H,20,22). The van der Waals surface area contributed by atoms with E-state index in [0.717, 1.165) is 12.8 Å². The lowest BCUT2D eigenvalue weighted by atomic mass is 10.1. The maximum Gasteiger partial charge on any atom is 0.256 e. The fourth-order valence-electron chi connectivity index (χ4n) is 2.71. The van der Waals surface area contributed by atoms with Crippen molar-refractivity contribution in [2.75, 3.05) is 19.6 Å². The van der Waals surface area contributed by atoms with Crippen LogP contribution < -0.4 is 10.7 Å². The summed E-state index contributed by atoms with van der Waals surface area (Å²) in [5, 5.41) is 2.88. The zero-order valence-electron chi connectivity index (χ0n) is 15.3. The Balaban J connectivity index is 2.50. The number of amides is 1. The van der Waals surface area contributed by atoms with Crippen LogP contribution in [0.2, 0.25) is 0 Å². The molecule has 7 nitrogen and oxygen atoms in total. The second-order valence-electron chi connectivity index (χ2n) is 5.94. The number of nitrogens with one attached hydrogen (secondary N) is 2. The molecule has 0 bridgehead atoms. The molecule has 26 heavy (non-hydrogen) atoms. The summed E-state index contributed by atoms with van der Waals surface area (Å²) in [6, 6.07) is 4.35. The van der Waals surface area contributed by atoms with E-state index < -0.39 is 21.4 Å². The number of carbonyl (C=O) groups is 1. The molecule has 1 aromatic heterocycles. The van der Waals surface area contributed by atoms with E-state index >= 15 is 0 Å². The Labute approximate surface area is 153 Å². The largest absolute Gasteiger partial charge is 0.360 e. The van der Waals surface area contributed by atoms with Gasteiger partial charge in [-0.1, -0.05) is 27.2 Å². The van der Waals surface area contributed by atoms with Crippen LogP contribution in [0.25, 0.3) is 10.9 Å². The maximum atomic E-state index is 12.7. The molecular formula is C18H25N3O4S. The molecule has 2 rings (SSSR count). The number of hydrogen-bond acceptors (Lipinski definition) is 4. The molecule has 1 amide bonds. The van der Waals surface area contributed by atoms with Gasteiger partial charge in [-0.15, -0.1) is 0 Å². The summed E-state index contributed by atoms with van der Waals surface area (Å²) < 4.78 is 26.7. The summed E-state index contributed by atoms with van der Waals surface area (Å²) in [5.74, 6) is -0.460. The number of carbonyl (C=O) groups excluding carboxylic acids is 1. The highest BCUT2D eigenvalue weighted by atomic mass is 32.2. The number of benzene rings is 1. The average Bonchev–Trinajstić information content (AvgIpc) is 2.62. The van der Waals surface area contributed by atoms with Crippen molar-refractivity contribution in [3.8, 4) is 0 Å². The van der Waals surface area contributed by atoms with Gasteiger partial charge in [0.1, 0.15) is 5.56 Å². The number of aromatic amines is 1. The van der Waals surface area contributed by atoms with Gasteiger partial charge in [0.25, 0.3) is 5.91 Å². The number of unbranched alkanes of at least 4 members (excludes halogenated alkanes) is 1. The zero-order valence-corrected chi connectivity index (χ0v) is 16.1. The molecule has 2 aromatic rings. The zero-order chi connectivity index (χ0) is 19.3. The summed E-state index contributed by atoms with van der Waals surface area (Å²) in [4.78, 5) is 27.9. The van der Waals surface area contributed by atoms with Gasteiger partial charge in [0.05, 0.1) is 4.90 Å². The van der Waals surface area contributed by atoms with Crippen molar-refractivity contribution in [2.45, 2.75) is 38.5 Å². The van der Waals surface area contributed by atoms with E-state index in [1.165, 1.54) is 22.6 Å². The summed E-state index contributed by atoms with van der Waals surface area (Å²) in [7, 11) is -3.68. The van der Waals surface area contributed by atoms with E-state index in [9.17, 15) is 18.0 Å². The lowest BCUT2D eigenvalue weighted by molar-refractivity contribution is 0.0952. The molecule has 8 heteroatoms. The van der Waals surface area contributed by atoms with E-state index in [0.29, 0.717) is 25.2 Å². The normalized spacial score (nSPS) is 11.8. The van der Waals surface area contributed by atoms with Crippen LogP contribution in [-0.4, -0.2) is 43.2 Å². The predicted octanol–water partition coefficient (Wildman–Crippen LogP) is 2.09. The Kier molecular flexibility index (Phi) is 6.55. The Hall–Kier alpha value is -2.19. The van der Waals surface area contributed by atoms with Crippen LogP contribution >= 0.6 is 0 Å². The van der Waals surface area contributed by atoms with Crippen LogP contribution in [0.3, 0.4) is 0 Å². The molecular weight excluding hydrogens is 354 g/mol. The highest BCUT2D eigenvalue weighted by molar-refractivity contribution is 7.89. The fraction of sp³-hybridized carbons (Fsp3) is 0.444. The van der Waals surface area contributed by atoms with Crippen LogP contribution in [0.15, 0.2) is 34.1 Å². The molecule has 142 valence electrons. The predicted molar refractivity (Wildman–Crippen MR) is 102 cm³/mol. The molecule has 0 aliphatic rings. The number of aromatic nitrogens is 1. The van der Waals surface area contributed by atoms with Crippen LogP contribution in [0, 0.1) is 0 Å². The van der Waals surface area contributed by atoms with Crippen LogP contribution in [0.1, 0.15) is 44.0 Å². The first kappa shape index (κ1) is 20.1. The van der Waals surface area contributed by atoms with E-state index in [1.54, 1.807) is 19.9 Å². The first-order chi connectivity index (χ1) is 12.4. The van der Waals surface area contributed by atoms with Crippen molar-refractivity contribution in [1.29, 1.82) is 0 Å². The Morgan fingerprint density at radius 3 is 2.50 bits per heavy atom.